The van der Waals surface area contributed by atoms with Gasteiger partial charge in [-0.2, -0.15) is 0 Å². The van der Waals surface area contributed by atoms with Gasteiger partial charge in [0.15, 0.2) is 0 Å². The molecule has 2 aliphatic heterocycles. The van der Waals surface area contributed by atoms with Crippen LogP contribution in [0.1, 0.15) is 15.9 Å². The van der Waals surface area contributed by atoms with E-state index in [1.165, 1.54) is 16.9 Å². The molecule has 2 heterocycles. The molecular weight excluding hydrogens is 350 g/mol. The third-order valence-electron chi connectivity index (χ3n) is 5.52. The minimum atomic E-state index is -0.0683. The summed E-state index contributed by atoms with van der Waals surface area (Å²) in [5.41, 5.74) is 5.14. The molecule has 0 unspecified atom stereocenters. The highest BCUT2D eigenvalue weighted by Gasteiger charge is 2.14. The highest BCUT2D eigenvalue weighted by atomic mass is 16.1. The van der Waals surface area contributed by atoms with Gasteiger partial charge in [0, 0.05) is 75.0 Å². The SMILES string of the molecule is Cc1cc(NC(=O)c2ccc(N3CCNCC3)cc2)ccc1N1CCNCC1. The van der Waals surface area contributed by atoms with E-state index >= 15 is 0 Å². The molecule has 0 aliphatic carbocycles. The Balaban J connectivity index is 1.40. The summed E-state index contributed by atoms with van der Waals surface area (Å²) in [5.74, 6) is -0.0683. The first-order valence-electron chi connectivity index (χ1n) is 10.1. The molecule has 1 amide bonds. The smallest absolute Gasteiger partial charge is 0.255 e. The average molecular weight is 380 g/mol. The maximum absolute atomic E-state index is 12.6. The lowest BCUT2D eigenvalue weighted by Crippen LogP contribution is -2.43. The average Bonchev–Trinajstić information content (AvgIpc) is 2.75. The molecule has 0 bridgehead atoms. The van der Waals surface area contributed by atoms with E-state index in [4.69, 9.17) is 0 Å². The number of piperazine rings is 2. The van der Waals surface area contributed by atoms with E-state index < -0.39 is 0 Å². The second kappa shape index (κ2) is 8.63. The fourth-order valence-corrected chi connectivity index (χ4v) is 3.94. The van der Waals surface area contributed by atoms with Gasteiger partial charge in [0.25, 0.3) is 5.91 Å². The van der Waals surface area contributed by atoms with E-state index in [1.807, 2.05) is 30.3 Å². The molecule has 0 saturated carbocycles. The molecule has 0 aromatic heterocycles. The van der Waals surface area contributed by atoms with Crippen molar-refractivity contribution in [1.29, 1.82) is 0 Å². The molecule has 2 aromatic carbocycles. The number of hydrogen-bond acceptors (Lipinski definition) is 5. The van der Waals surface area contributed by atoms with Crippen molar-refractivity contribution in [2.45, 2.75) is 6.92 Å². The van der Waals surface area contributed by atoms with E-state index in [9.17, 15) is 4.79 Å². The second-order valence-corrected chi connectivity index (χ2v) is 7.48. The Hall–Kier alpha value is -2.57. The zero-order valence-corrected chi connectivity index (χ0v) is 16.5. The van der Waals surface area contributed by atoms with Gasteiger partial charge >= 0.3 is 0 Å². The molecule has 0 spiro atoms. The summed E-state index contributed by atoms with van der Waals surface area (Å²) in [4.78, 5) is 17.4. The summed E-state index contributed by atoms with van der Waals surface area (Å²) in [5, 5.41) is 9.77. The first kappa shape index (κ1) is 18.8. The normalized spacial score (nSPS) is 17.5. The van der Waals surface area contributed by atoms with Crippen molar-refractivity contribution >= 4 is 23.0 Å². The number of nitrogens with one attached hydrogen (secondary N) is 3. The van der Waals surface area contributed by atoms with Gasteiger partial charge in [-0.1, -0.05) is 0 Å². The Labute approximate surface area is 166 Å². The number of anilines is 3. The lowest BCUT2D eigenvalue weighted by atomic mass is 10.1. The van der Waals surface area contributed by atoms with Gasteiger partial charge in [0.05, 0.1) is 0 Å². The molecule has 3 N–H and O–H groups in total. The molecule has 6 heteroatoms. The van der Waals surface area contributed by atoms with Crippen LogP contribution in [0.25, 0.3) is 0 Å². The lowest BCUT2D eigenvalue weighted by Gasteiger charge is -2.31. The van der Waals surface area contributed by atoms with Crippen molar-refractivity contribution in [1.82, 2.24) is 10.6 Å². The van der Waals surface area contributed by atoms with E-state index in [0.717, 1.165) is 58.0 Å². The molecule has 2 fully saturated rings. The van der Waals surface area contributed by atoms with Crippen LogP contribution in [0.5, 0.6) is 0 Å². The molecule has 2 aromatic rings. The third kappa shape index (κ3) is 4.29. The van der Waals surface area contributed by atoms with Crippen molar-refractivity contribution < 1.29 is 4.79 Å². The van der Waals surface area contributed by atoms with Gasteiger partial charge in [0.1, 0.15) is 0 Å². The van der Waals surface area contributed by atoms with Crippen LogP contribution in [0, 0.1) is 6.92 Å². The first-order chi connectivity index (χ1) is 13.7. The third-order valence-corrected chi connectivity index (χ3v) is 5.52. The maximum atomic E-state index is 12.6. The fourth-order valence-electron chi connectivity index (χ4n) is 3.94. The fraction of sp³-hybridized carbons (Fsp3) is 0.409. The van der Waals surface area contributed by atoms with Crippen LogP contribution < -0.4 is 25.8 Å². The number of carbonyl (C=O) groups is 1. The summed E-state index contributed by atoms with van der Waals surface area (Å²) in [7, 11) is 0. The lowest BCUT2D eigenvalue weighted by molar-refractivity contribution is 0.102. The molecular formula is C22H29N5O. The topological polar surface area (TPSA) is 59.6 Å². The van der Waals surface area contributed by atoms with Gasteiger partial charge in [-0.05, 0) is 55.0 Å². The Morgan fingerprint density at radius 2 is 1.46 bits per heavy atom. The van der Waals surface area contributed by atoms with E-state index in [2.05, 4.69) is 44.8 Å². The van der Waals surface area contributed by atoms with Gasteiger partial charge in [0.2, 0.25) is 0 Å². The Bertz CT molecular complexity index is 808. The molecule has 0 atom stereocenters. The van der Waals surface area contributed by atoms with E-state index in [0.29, 0.717) is 5.56 Å². The predicted molar refractivity (Wildman–Crippen MR) is 116 cm³/mol. The number of hydrogen-bond donors (Lipinski definition) is 3. The molecule has 6 nitrogen and oxygen atoms in total. The van der Waals surface area contributed by atoms with Crippen molar-refractivity contribution in [3.8, 4) is 0 Å². The Kier molecular flexibility index (Phi) is 5.78. The van der Waals surface area contributed by atoms with E-state index in [1.54, 1.807) is 0 Å². The van der Waals surface area contributed by atoms with Crippen LogP contribution in [0.15, 0.2) is 42.5 Å². The highest BCUT2D eigenvalue weighted by Crippen LogP contribution is 2.24. The van der Waals surface area contributed by atoms with Crippen LogP contribution in [0.2, 0.25) is 0 Å². The zero-order valence-electron chi connectivity index (χ0n) is 16.5. The second-order valence-electron chi connectivity index (χ2n) is 7.48. The van der Waals surface area contributed by atoms with Crippen molar-refractivity contribution in [2.24, 2.45) is 0 Å². The minimum absolute atomic E-state index is 0.0683. The Morgan fingerprint density at radius 1 is 0.857 bits per heavy atom. The van der Waals surface area contributed by atoms with Crippen LogP contribution in [-0.4, -0.2) is 58.3 Å². The van der Waals surface area contributed by atoms with Gasteiger partial charge < -0.3 is 25.8 Å². The predicted octanol–water partition coefficient (Wildman–Crippen LogP) is 2.07. The number of rotatable bonds is 4. The number of amides is 1. The largest absolute Gasteiger partial charge is 0.369 e. The van der Waals surface area contributed by atoms with Crippen LogP contribution in [0.3, 0.4) is 0 Å². The van der Waals surface area contributed by atoms with E-state index in [-0.39, 0.29) is 5.91 Å². The number of nitrogens with zero attached hydrogens (tertiary/aromatic N) is 2. The highest BCUT2D eigenvalue weighted by molar-refractivity contribution is 6.04. The van der Waals surface area contributed by atoms with Crippen LogP contribution >= 0.6 is 0 Å². The molecule has 28 heavy (non-hydrogen) atoms. The Morgan fingerprint density at radius 3 is 2.07 bits per heavy atom. The zero-order chi connectivity index (χ0) is 19.3. The molecule has 2 aliphatic rings. The molecule has 2 saturated heterocycles. The standard InChI is InChI=1S/C22H29N5O/c1-17-16-19(4-7-21(17)27-14-10-24-11-15-27)25-22(28)18-2-5-20(6-3-18)26-12-8-23-9-13-26/h2-7,16,23-24H,8-15H2,1H3,(H,25,28). The minimum Gasteiger partial charge on any atom is -0.369 e. The van der Waals surface area contributed by atoms with Crippen LogP contribution in [0.4, 0.5) is 17.1 Å². The van der Waals surface area contributed by atoms with Crippen molar-refractivity contribution in [3.63, 3.8) is 0 Å². The summed E-state index contributed by atoms with van der Waals surface area (Å²) >= 11 is 0. The van der Waals surface area contributed by atoms with Crippen molar-refractivity contribution in [2.75, 3.05) is 67.5 Å². The van der Waals surface area contributed by atoms with Crippen molar-refractivity contribution in [3.05, 3.63) is 53.6 Å². The van der Waals surface area contributed by atoms with Gasteiger partial charge in [-0.15, -0.1) is 0 Å². The van der Waals surface area contributed by atoms with Gasteiger partial charge in [-0.3, -0.25) is 4.79 Å². The summed E-state index contributed by atoms with van der Waals surface area (Å²) in [6, 6.07) is 14.1. The number of benzene rings is 2. The molecule has 4 rings (SSSR count). The van der Waals surface area contributed by atoms with Gasteiger partial charge in [-0.25, -0.2) is 0 Å². The maximum Gasteiger partial charge on any atom is 0.255 e. The summed E-state index contributed by atoms with van der Waals surface area (Å²) in [6.07, 6.45) is 0. The van der Waals surface area contributed by atoms with Crippen LogP contribution in [-0.2, 0) is 0 Å². The summed E-state index contributed by atoms with van der Waals surface area (Å²) < 4.78 is 0. The number of carbonyl (C=O) groups excluding carboxylic acids is 1. The first-order valence-corrected chi connectivity index (χ1v) is 10.1. The molecule has 148 valence electrons. The summed E-state index contributed by atoms with van der Waals surface area (Å²) in [6.45, 7) is 10.2. The molecule has 0 radical (unpaired) electrons. The number of aryl methyl sites for hydroxylation is 1. The quantitative estimate of drug-likeness (QED) is 0.759. The monoisotopic (exact) mass is 379 g/mol.